The predicted octanol–water partition coefficient (Wildman–Crippen LogP) is 1.06. The van der Waals surface area contributed by atoms with Crippen LogP contribution >= 0.6 is 0 Å². The van der Waals surface area contributed by atoms with Gasteiger partial charge in [0, 0.05) is 39.1 Å². The number of aliphatic hydroxyl groups is 2. The maximum Gasteiger partial charge on any atom is 0.0991 e. The highest BCUT2D eigenvalue weighted by molar-refractivity contribution is 5.32. The summed E-state index contributed by atoms with van der Waals surface area (Å²) < 4.78 is 5.26. The fraction of sp³-hybridized carbons (Fsp3) is 0.562. The van der Waals surface area contributed by atoms with E-state index >= 15 is 0 Å². The van der Waals surface area contributed by atoms with Crippen LogP contribution in [0, 0.1) is 11.3 Å². The number of ether oxygens (including phenoxy) is 1. The molecule has 114 valence electrons. The minimum absolute atomic E-state index is 0.440. The minimum atomic E-state index is -0.725. The lowest BCUT2D eigenvalue weighted by atomic mass is 9.93. The van der Waals surface area contributed by atoms with E-state index in [1.807, 2.05) is 11.9 Å². The van der Waals surface area contributed by atoms with Gasteiger partial charge in [0.2, 0.25) is 0 Å². The molecule has 5 nitrogen and oxygen atoms in total. The maximum atomic E-state index is 10.5. The molecule has 1 fully saturated rings. The highest BCUT2D eigenvalue weighted by atomic mass is 16.5. The molecule has 0 aliphatic carbocycles. The molecule has 1 atom stereocenters. The zero-order valence-electron chi connectivity index (χ0n) is 12.3. The molecule has 0 amide bonds. The van der Waals surface area contributed by atoms with Crippen LogP contribution in [0.15, 0.2) is 24.3 Å². The molecular formula is C16H22N2O3. The molecular weight excluding hydrogens is 268 g/mol. The summed E-state index contributed by atoms with van der Waals surface area (Å²) in [5.41, 5.74) is 0.632. The van der Waals surface area contributed by atoms with Gasteiger partial charge in [-0.2, -0.15) is 5.26 Å². The molecule has 0 saturated carbocycles. The van der Waals surface area contributed by atoms with Gasteiger partial charge in [0.1, 0.15) is 0 Å². The molecule has 1 saturated heterocycles. The van der Waals surface area contributed by atoms with Crippen molar-refractivity contribution in [1.82, 2.24) is 4.90 Å². The largest absolute Gasteiger partial charge is 0.388 e. The van der Waals surface area contributed by atoms with Gasteiger partial charge in [-0.15, -0.1) is 0 Å². The second-order valence-electron chi connectivity index (χ2n) is 5.78. The quantitative estimate of drug-likeness (QED) is 0.848. The van der Waals surface area contributed by atoms with Crippen molar-refractivity contribution in [2.45, 2.75) is 24.5 Å². The lowest BCUT2D eigenvalue weighted by Crippen LogP contribution is -2.46. The Morgan fingerprint density at radius 1 is 1.33 bits per heavy atom. The third kappa shape index (κ3) is 4.51. The molecule has 1 heterocycles. The normalized spacial score (nSPS) is 19.2. The van der Waals surface area contributed by atoms with Crippen LogP contribution in [0.1, 0.15) is 30.1 Å². The first kappa shape index (κ1) is 15.9. The zero-order valence-corrected chi connectivity index (χ0v) is 12.3. The average molecular weight is 290 g/mol. The maximum absolute atomic E-state index is 10.5. The number of hydrogen-bond acceptors (Lipinski definition) is 5. The third-order valence-corrected chi connectivity index (χ3v) is 3.90. The molecule has 0 bridgehead atoms. The smallest absolute Gasteiger partial charge is 0.0991 e. The van der Waals surface area contributed by atoms with Crippen LogP contribution in [-0.2, 0) is 4.74 Å². The fourth-order valence-electron chi connectivity index (χ4n) is 2.66. The number of likely N-dealkylation sites (N-methyl/N-ethyl adjacent to an activating group) is 1. The van der Waals surface area contributed by atoms with Gasteiger partial charge in [0.25, 0.3) is 0 Å². The summed E-state index contributed by atoms with van der Waals surface area (Å²) in [6.07, 6.45) is 0.625. The molecule has 0 spiro atoms. The van der Waals surface area contributed by atoms with Gasteiger partial charge >= 0.3 is 0 Å². The van der Waals surface area contributed by atoms with Crippen molar-refractivity contribution in [3.63, 3.8) is 0 Å². The van der Waals surface area contributed by atoms with Gasteiger partial charge in [-0.1, -0.05) is 12.1 Å². The van der Waals surface area contributed by atoms with Crippen LogP contribution in [0.2, 0.25) is 0 Å². The van der Waals surface area contributed by atoms with Crippen molar-refractivity contribution in [3.8, 4) is 6.07 Å². The zero-order chi connectivity index (χ0) is 15.3. The van der Waals surface area contributed by atoms with Crippen molar-refractivity contribution in [2.75, 3.05) is 33.4 Å². The van der Waals surface area contributed by atoms with Gasteiger partial charge in [-0.25, -0.2) is 0 Å². The lowest BCUT2D eigenvalue weighted by molar-refractivity contribution is -0.0799. The van der Waals surface area contributed by atoms with Gasteiger partial charge in [0.05, 0.1) is 23.3 Å². The lowest BCUT2D eigenvalue weighted by Gasteiger charge is -2.36. The van der Waals surface area contributed by atoms with Gasteiger partial charge < -0.3 is 19.8 Å². The van der Waals surface area contributed by atoms with Gasteiger partial charge in [0.15, 0.2) is 0 Å². The molecule has 1 unspecified atom stereocenters. The molecule has 1 aliphatic heterocycles. The Balaban J connectivity index is 1.89. The molecule has 5 heteroatoms. The summed E-state index contributed by atoms with van der Waals surface area (Å²) in [5.74, 6) is 0. The molecule has 1 aliphatic rings. The van der Waals surface area contributed by atoms with Crippen molar-refractivity contribution in [1.29, 1.82) is 5.26 Å². The highest BCUT2D eigenvalue weighted by Crippen LogP contribution is 2.22. The van der Waals surface area contributed by atoms with Crippen molar-refractivity contribution < 1.29 is 14.9 Å². The average Bonchev–Trinajstić information content (AvgIpc) is 2.47. The highest BCUT2D eigenvalue weighted by Gasteiger charge is 2.31. The van der Waals surface area contributed by atoms with E-state index in [4.69, 9.17) is 10.00 Å². The van der Waals surface area contributed by atoms with Crippen LogP contribution in [0.5, 0.6) is 0 Å². The SMILES string of the molecule is CN(CC(O)c1ccc(C#N)cc1)CC1(O)CCOCC1. The van der Waals surface area contributed by atoms with Crippen LogP contribution in [0.3, 0.4) is 0 Å². The molecule has 1 aromatic rings. The molecule has 2 N–H and O–H groups in total. The molecule has 1 aromatic carbocycles. The fourth-order valence-corrected chi connectivity index (χ4v) is 2.66. The van der Waals surface area contributed by atoms with E-state index in [0.29, 0.717) is 44.7 Å². The van der Waals surface area contributed by atoms with Crippen LogP contribution < -0.4 is 0 Å². The summed E-state index contributed by atoms with van der Waals surface area (Å²) in [7, 11) is 1.89. The van der Waals surface area contributed by atoms with E-state index in [0.717, 1.165) is 5.56 Å². The van der Waals surface area contributed by atoms with E-state index < -0.39 is 11.7 Å². The van der Waals surface area contributed by atoms with E-state index in [-0.39, 0.29) is 0 Å². The summed E-state index contributed by atoms with van der Waals surface area (Å²) in [6, 6.07) is 8.98. The Hall–Kier alpha value is -1.45. The monoisotopic (exact) mass is 290 g/mol. The van der Waals surface area contributed by atoms with Gasteiger partial charge in [-0.3, -0.25) is 0 Å². The minimum Gasteiger partial charge on any atom is -0.388 e. The van der Waals surface area contributed by atoms with E-state index in [2.05, 4.69) is 6.07 Å². The number of aliphatic hydroxyl groups excluding tert-OH is 1. The summed E-state index contributed by atoms with van der Waals surface area (Å²) in [4.78, 5) is 1.94. The first-order valence-electron chi connectivity index (χ1n) is 7.19. The summed E-state index contributed by atoms with van der Waals surface area (Å²) in [6.45, 7) is 2.13. The Morgan fingerprint density at radius 2 is 1.95 bits per heavy atom. The number of hydrogen-bond donors (Lipinski definition) is 2. The van der Waals surface area contributed by atoms with E-state index in [9.17, 15) is 10.2 Å². The van der Waals surface area contributed by atoms with Crippen LogP contribution in [-0.4, -0.2) is 54.1 Å². The Labute approximate surface area is 125 Å². The van der Waals surface area contributed by atoms with Gasteiger partial charge in [-0.05, 0) is 24.7 Å². The van der Waals surface area contributed by atoms with Crippen molar-refractivity contribution in [3.05, 3.63) is 35.4 Å². The van der Waals surface area contributed by atoms with Crippen LogP contribution in [0.4, 0.5) is 0 Å². The Kier molecular flexibility index (Phi) is 5.32. The van der Waals surface area contributed by atoms with Crippen molar-refractivity contribution >= 4 is 0 Å². The number of nitriles is 1. The molecule has 2 rings (SSSR count). The molecule has 0 radical (unpaired) electrons. The predicted molar refractivity (Wildman–Crippen MR) is 78.6 cm³/mol. The summed E-state index contributed by atoms with van der Waals surface area (Å²) >= 11 is 0. The number of nitrogens with zero attached hydrogens (tertiary/aromatic N) is 2. The first-order chi connectivity index (χ1) is 10.0. The van der Waals surface area contributed by atoms with E-state index in [1.54, 1.807) is 24.3 Å². The Morgan fingerprint density at radius 3 is 2.52 bits per heavy atom. The molecule has 21 heavy (non-hydrogen) atoms. The molecule has 0 aromatic heterocycles. The van der Waals surface area contributed by atoms with E-state index in [1.165, 1.54) is 0 Å². The first-order valence-corrected chi connectivity index (χ1v) is 7.19. The van der Waals surface area contributed by atoms with Crippen molar-refractivity contribution in [2.24, 2.45) is 0 Å². The number of rotatable bonds is 5. The summed E-state index contributed by atoms with van der Waals surface area (Å²) in [5, 5.41) is 29.5. The van der Waals surface area contributed by atoms with Crippen LogP contribution in [0.25, 0.3) is 0 Å². The standard InChI is InChI=1S/C16H22N2O3/c1-18(12-16(20)6-8-21-9-7-16)11-15(19)14-4-2-13(10-17)3-5-14/h2-5,15,19-20H,6-9,11-12H2,1H3. The topological polar surface area (TPSA) is 76.7 Å². The second-order valence-corrected chi connectivity index (χ2v) is 5.78. The number of benzene rings is 1. The third-order valence-electron chi connectivity index (χ3n) is 3.90. The second kappa shape index (κ2) is 7.01. The Bertz CT molecular complexity index is 489.